The molecule has 1 saturated heterocycles. The first kappa shape index (κ1) is 22.4. The summed E-state index contributed by atoms with van der Waals surface area (Å²) in [5, 5.41) is 9.42. The summed E-state index contributed by atoms with van der Waals surface area (Å²) in [5.41, 5.74) is 6.45. The van der Waals surface area contributed by atoms with Gasteiger partial charge in [-0.2, -0.15) is 4.98 Å². The van der Waals surface area contributed by atoms with E-state index >= 15 is 0 Å². The molecular weight excluding hydrogens is 428 g/mol. The number of nitrogens with zero attached hydrogens (tertiary/aromatic N) is 3. The molecule has 1 unspecified atom stereocenters. The molecule has 4 rings (SSSR count). The molecular formula is C23H24N4O6. The molecule has 1 atom stereocenters. The number of benzene rings is 1. The zero-order valence-corrected chi connectivity index (χ0v) is 18.1. The Morgan fingerprint density at radius 1 is 1.24 bits per heavy atom. The van der Waals surface area contributed by atoms with Gasteiger partial charge in [-0.1, -0.05) is 12.1 Å². The summed E-state index contributed by atoms with van der Waals surface area (Å²) in [6, 6.07) is 10.2. The molecule has 10 heteroatoms. The van der Waals surface area contributed by atoms with E-state index in [9.17, 15) is 9.90 Å². The Balaban J connectivity index is 1.80. The number of hydrogen-bond donors (Lipinski definition) is 2. The zero-order valence-electron chi connectivity index (χ0n) is 18.1. The number of amides is 1. The van der Waals surface area contributed by atoms with E-state index in [0.29, 0.717) is 29.4 Å². The lowest BCUT2D eigenvalue weighted by molar-refractivity contribution is 0.0653. The molecule has 0 saturated carbocycles. The van der Waals surface area contributed by atoms with Gasteiger partial charge in [0.15, 0.2) is 23.0 Å². The number of nitrogens with two attached hydrogens (primary N) is 1. The number of carbonyl (C=O) groups excluding carboxylic acids is 1. The van der Waals surface area contributed by atoms with Crippen LogP contribution in [0.1, 0.15) is 29.0 Å². The van der Waals surface area contributed by atoms with Crippen molar-refractivity contribution in [2.75, 3.05) is 20.3 Å². The van der Waals surface area contributed by atoms with Crippen molar-refractivity contribution < 1.29 is 28.8 Å². The highest BCUT2D eigenvalue weighted by atomic mass is 16.6. The van der Waals surface area contributed by atoms with Crippen molar-refractivity contribution in [3.05, 3.63) is 54.0 Å². The summed E-state index contributed by atoms with van der Waals surface area (Å²) in [4.78, 5) is 25.3. The van der Waals surface area contributed by atoms with Gasteiger partial charge in [0.05, 0.1) is 25.5 Å². The van der Waals surface area contributed by atoms with Crippen LogP contribution in [0, 0.1) is 0 Å². The van der Waals surface area contributed by atoms with Gasteiger partial charge < -0.3 is 29.8 Å². The van der Waals surface area contributed by atoms with E-state index in [-0.39, 0.29) is 42.5 Å². The van der Waals surface area contributed by atoms with Crippen LogP contribution in [0.15, 0.2) is 42.6 Å². The van der Waals surface area contributed by atoms with Gasteiger partial charge >= 0.3 is 0 Å². The lowest BCUT2D eigenvalue weighted by Crippen LogP contribution is -2.20. The molecule has 33 heavy (non-hydrogen) atoms. The average Bonchev–Trinajstić information content (AvgIpc) is 3.37. The first-order valence-electron chi connectivity index (χ1n) is 10.4. The van der Waals surface area contributed by atoms with Gasteiger partial charge in [-0.05, 0) is 37.1 Å². The van der Waals surface area contributed by atoms with Crippen LogP contribution in [0.5, 0.6) is 23.1 Å². The molecule has 1 amide bonds. The number of aliphatic hydroxyl groups is 1. The number of primary amides is 1. The molecule has 3 aromatic rings. The molecule has 3 N–H and O–H groups in total. The molecule has 0 aliphatic carbocycles. The predicted molar refractivity (Wildman–Crippen MR) is 117 cm³/mol. The SMILES string of the molecule is COc1ccccc1Oc1c(OCC2CCCO2)nc(-c2ccnc(CO)c2)nc1C(N)=O. The Bertz CT molecular complexity index is 1130. The van der Waals surface area contributed by atoms with E-state index in [4.69, 9.17) is 24.7 Å². The van der Waals surface area contributed by atoms with E-state index in [2.05, 4.69) is 15.0 Å². The third-order valence-electron chi connectivity index (χ3n) is 5.02. The Hall–Kier alpha value is -3.76. The molecule has 1 aliphatic heterocycles. The fourth-order valence-electron chi connectivity index (χ4n) is 3.38. The number of pyridine rings is 1. The minimum absolute atomic E-state index is 0.0230. The molecule has 1 aliphatic rings. The Morgan fingerprint density at radius 3 is 2.76 bits per heavy atom. The van der Waals surface area contributed by atoms with Crippen LogP contribution >= 0.6 is 0 Å². The van der Waals surface area contributed by atoms with E-state index in [1.807, 2.05) is 0 Å². The summed E-state index contributed by atoms with van der Waals surface area (Å²) in [6.07, 6.45) is 3.22. The fourth-order valence-corrected chi connectivity index (χ4v) is 3.38. The number of aliphatic hydroxyl groups excluding tert-OH is 1. The number of para-hydroxylation sites is 2. The highest BCUT2D eigenvalue weighted by molar-refractivity contribution is 5.95. The normalized spacial score (nSPS) is 15.3. The maximum atomic E-state index is 12.4. The van der Waals surface area contributed by atoms with Crippen molar-refractivity contribution in [1.82, 2.24) is 15.0 Å². The van der Waals surface area contributed by atoms with Gasteiger partial charge in [0, 0.05) is 18.4 Å². The van der Waals surface area contributed by atoms with Gasteiger partial charge in [-0.25, -0.2) is 4.98 Å². The van der Waals surface area contributed by atoms with Gasteiger partial charge in [-0.15, -0.1) is 0 Å². The number of aromatic nitrogens is 3. The third-order valence-corrected chi connectivity index (χ3v) is 5.02. The van der Waals surface area contributed by atoms with Crippen LogP contribution < -0.4 is 19.9 Å². The summed E-state index contributed by atoms with van der Waals surface area (Å²) >= 11 is 0. The van der Waals surface area contributed by atoms with Crippen LogP contribution in [0.25, 0.3) is 11.4 Å². The summed E-state index contributed by atoms with van der Waals surface area (Å²) in [6.45, 7) is 0.629. The van der Waals surface area contributed by atoms with Crippen LogP contribution in [-0.4, -0.2) is 52.4 Å². The second-order valence-corrected chi connectivity index (χ2v) is 7.29. The number of methoxy groups -OCH3 is 1. The molecule has 0 bridgehead atoms. The smallest absolute Gasteiger partial charge is 0.271 e. The first-order valence-corrected chi connectivity index (χ1v) is 10.4. The molecule has 0 radical (unpaired) electrons. The van der Waals surface area contributed by atoms with Crippen molar-refractivity contribution in [2.45, 2.75) is 25.6 Å². The molecule has 0 spiro atoms. The Morgan fingerprint density at radius 2 is 2.06 bits per heavy atom. The van der Waals surface area contributed by atoms with Gasteiger partial charge in [0.1, 0.15) is 6.61 Å². The topological polar surface area (TPSA) is 139 Å². The van der Waals surface area contributed by atoms with Crippen LogP contribution in [0.4, 0.5) is 0 Å². The Kier molecular flexibility index (Phi) is 6.96. The monoisotopic (exact) mass is 452 g/mol. The van der Waals surface area contributed by atoms with Crippen molar-refractivity contribution >= 4 is 5.91 Å². The van der Waals surface area contributed by atoms with E-state index in [1.165, 1.54) is 13.3 Å². The highest BCUT2D eigenvalue weighted by Gasteiger charge is 2.25. The quantitative estimate of drug-likeness (QED) is 0.501. The number of carbonyl (C=O) groups is 1. The van der Waals surface area contributed by atoms with E-state index in [0.717, 1.165) is 12.8 Å². The summed E-state index contributed by atoms with van der Waals surface area (Å²) in [5.74, 6) is 0.163. The Labute approximate surface area is 190 Å². The zero-order chi connectivity index (χ0) is 23.2. The molecule has 2 aromatic heterocycles. The average molecular weight is 452 g/mol. The van der Waals surface area contributed by atoms with Gasteiger partial charge in [0.2, 0.25) is 5.75 Å². The van der Waals surface area contributed by atoms with E-state index in [1.54, 1.807) is 36.4 Å². The standard InChI is InChI=1S/C23H24N4O6/c1-30-17-6-2-3-7-18(17)33-20-19(21(24)29)26-22(14-8-9-25-15(11-14)12-28)27-23(20)32-13-16-5-4-10-31-16/h2-3,6-9,11,16,28H,4-5,10,12-13H2,1H3,(H2,24,29). The van der Waals surface area contributed by atoms with Crippen molar-refractivity contribution in [3.8, 4) is 34.5 Å². The number of rotatable bonds is 9. The fraction of sp³-hybridized carbons (Fsp3) is 0.304. The van der Waals surface area contributed by atoms with Gasteiger partial charge in [0.25, 0.3) is 11.8 Å². The predicted octanol–water partition coefficient (Wildman–Crippen LogP) is 2.49. The first-order chi connectivity index (χ1) is 16.1. The molecule has 10 nitrogen and oxygen atoms in total. The second kappa shape index (κ2) is 10.2. The minimum atomic E-state index is -0.818. The van der Waals surface area contributed by atoms with E-state index < -0.39 is 5.91 Å². The number of hydrogen-bond acceptors (Lipinski definition) is 9. The van der Waals surface area contributed by atoms with Crippen LogP contribution in [0.2, 0.25) is 0 Å². The maximum Gasteiger partial charge on any atom is 0.271 e. The summed E-state index contributed by atoms with van der Waals surface area (Å²) < 4.78 is 22.9. The second-order valence-electron chi connectivity index (χ2n) is 7.29. The lowest BCUT2D eigenvalue weighted by atomic mass is 10.2. The van der Waals surface area contributed by atoms with Gasteiger partial charge in [-0.3, -0.25) is 9.78 Å². The number of ether oxygens (including phenoxy) is 4. The molecule has 1 fully saturated rings. The van der Waals surface area contributed by atoms with Crippen LogP contribution in [0.3, 0.4) is 0 Å². The largest absolute Gasteiger partial charge is 0.493 e. The molecule has 172 valence electrons. The maximum absolute atomic E-state index is 12.4. The van der Waals surface area contributed by atoms with Crippen molar-refractivity contribution in [2.24, 2.45) is 5.73 Å². The van der Waals surface area contributed by atoms with Crippen LogP contribution in [-0.2, 0) is 11.3 Å². The van der Waals surface area contributed by atoms with Crippen molar-refractivity contribution in [3.63, 3.8) is 0 Å². The highest BCUT2D eigenvalue weighted by Crippen LogP contribution is 2.38. The van der Waals surface area contributed by atoms with Crippen molar-refractivity contribution in [1.29, 1.82) is 0 Å². The summed E-state index contributed by atoms with van der Waals surface area (Å²) in [7, 11) is 1.51. The molecule has 1 aromatic carbocycles. The third kappa shape index (κ3) is 5.18. The minimum Gasteiger partial charge on any atom is -0.493 e. The lowest BCUT2D eigenvalue weighted by Gasteiger charge is -2.18. The molecule has 3 heterocycles.